The third-order valence-electron chi connectivity index (χ3n) is 2.97. The van der Waals surface area contributed by atoms with E-state index >= 15 is 0 Å². The molecule has 0 aliphatic heterocycles. The highest BCUT2D eigenvalue weighted by atomic mass is 15.1. The summed E-state index contributed by atoms with van der Waals surface area (Å²) in [5.74, 6) is 0.843. The molecule has 0 saturated heterocycles. The Hall–Kier alpha value is -2.43. The van der Waals surface area contributed by atoms with Crippen LogP contribution in [0.2, 0.25) is 0 Å². The second kappa shape index (κ2) is 4.68. The molecule has 3 rings (SSSR count). The van der Waals surface area contributed by atoms with Crippen molar-refractivity contribution in [3.8, 4) is 11.5 Å². The van der Waals surface area contributed by atoms with Gasteiger partial charge in [0.1, 0.15) is 11.2 Å². The van der Waals surface area contributed by atoms with E-state index in [2.05, 4.69) is 26.4 Å². The molecule has 0 fully saturated rings. The van der Waals surface area contributed by atoms with E-state index in [0.717, 1.165) is 35.6 Å². The van der Waals surface area contributed by atoms with E-state index in [4.69, 9.17) is 5.73 Å². The zero-order chi connectivity index (χ0) is 13.2. The average molecular weight is 253 g/mol. The van der Waals surface area contributed by atoms with Crippen LogP contribution in [-0.2, 0) is 6.54 Å². The first kappa shape index (κ1) is 11.6. The standard InChI is InChI=1S/C14H15N5/c1-2-8-19-13-12(4-3-7-16-13)18-14(19)11-6-5-10(15)9-17-11/h3-7,9H,2,8,15H2,1H3. The maximum Gasteiger partial charge on any atom is 0.161 e. The van der Waals surface area contributed by atoms with E-state index in [1.54, 1.807) is 12.4 Å². The predicted molar refractivity (Wildman–Crippen MR) is 75.5 cm³/mol. The Morgan fingerprint density at radius 2 is 2.11 bits per heavy atom. The van der Waals surface area contributed by atoms with E-state index in [0.29, 0.717) is 5.69 Å². The van der Waals surface area contributed by atoms with Crippen molar-refractivity contribution in [2.45, 2.75) is 19.9 Å². The summed E-state index contributed by atoms with van der Waals surface area (Å²) < 4.78 is 2.11. The second-order valence-corrected chi connectivity index (χ2v) is 4.41. The van der Waals surface area contributed by atoms with Crippen LogP contribution in [0.4, 0.5) is 5.69 Å². The molecular formula is C14H15N5. The lowest BCUT2D eigenvalue weighted by atomic mass is 10.3. The molecule has 0 unspecified atom stereocenters. The van der Waals surface area contributed by atoms with Crippen LogP contribution in [0.15, 0.2) is 36.7 Å². The van der Waals surface area contributed by atoms with Gasteiger partial charge < -0.3 is 10.3 Å². The van der Waals surface area contributed by atoms with Gasteiger partial charge in [-0.2, -0.15) is 0 Å². The number of anilines is 1. The molecule has 3 aromatic heterocycles. The van der Waals surface area contributed by atoms with Crippen LogP contribution in [0, 0.1) is 0 Å². The van der Waals surface area contributed by atoms with E-state index in [9.17, 15) is 0 Å². The number of aromatic nitrogens is 4. The maximum absolute atomic E-state index is 5.67. The first-order chi connectivity index (χ1) is 9.29. The van der Waals surface area contributed by atoms with Gasteiger partial charge in [-0.05, 0) is 30.7 Å². The highest BCUT2D eigenvalue weighted by Crippen LogP contribution is 2.22. The monoisotopic (exact) mass is 253 g/mol. The third-order valence-corrected chi connectivity index (χ3v) is 2.97. The fourth-order valence-corrected chi connectivity index (χ4v) is 2.13. The van der Waals surface area contributed by atoms with Gasteiger partial charge in [0.05, 0.1) is 11.9 Å². The van der Waals surface area contributed by atoms with Crippen molar-refractivity contribution in [2.75, 3.05) is 5.73 Å². The van der Waals surface area contributed by atoms with Crippen LogP contribution < -0.4 is 5.73 Å². The van der Waals surface area contributed by atoms with Gasteiger partial charge in [0.15, 0.2) is 11.5 Å². The number of fused-ring (bicyclic) bond motifs is 1. The lowest BCUT2D eigenvalue weighted by molar-refractivity contribution is 0.697. The highest BCUT2D eigenvalue weighted by molar-refractivity contribution is 5.76. The molecule has 2 N–H and O–H groups in total. The molecule has 0 radical (unpaired) electrons. The van der Waals surface area contributed by atoms with Crippen LogP contribution >= 0.6 is 0 Å². The number of imidazole rings is 1. The minimum Gasteiger partial charge on any atom is -0.397 e. The summed E-state index contributed by atoms with van der Waals surface area (Å²) in [6.45, 7) is 3.00. The lowest BCUT2D eigenvalue weighted by Gasteiger charge is -2.06. The Morgan fingerprint density at radius 1 is 1.21 bits per heavy atom. The highest BCUT2D eigenvalue weighted by Gasteiger charge is 2.13. The van der Waals surface area contributed by atoms with Crippen LogP contribution in [0.1, 0.15) is 13.3 Å². The fraction of sp³-hybridized carbons (Fsp3) is 0.214. The molecule has 0 atom stereocenters. The van der Waals surface area contributed by atoms with E-state index in [1.165, 1.54) is 0 Å². The third kappa shape index (κ3) is 2.03. The van der Waals surface area contributed by atoms with Gasteiger partial charge in [-0.3, -0.25) is 4.98 Å². The molecule has 0 amide bonds. The number of nitrogen functional groups attached to an aromatic ring is 1. The lowest BCUT2D eigenvalue weighted by Crippen LogP contribution is -2.02. The maximum atomic E-state index is 5.67. The molecule has 0 aliphatic carbocycles. The Balaban J connectivity index is 2.21. The van der Waals surface area contributed by atoms with Crippen molar-refractivity contribution in [1.29, 1.82) is 0 Å². The van der Waals surface area contributed by atoms with E-state index in [1.807, 2.05) is 24.3 Å². The van der Waals surface area contributed by atoms with E-state index in [-0.39, 0.29) is 0 Å². The molecule has 3 heterocycles. The molecule has 0 bridgehead atoms. The summed E-state index contributed by atoms with van der Waals surface area (Å²) in [6, 6.07) is 7.59. The van der Waals surface area contributed by atoms with Crippen molar-refractivity contribution in [3.05, 3.63) is 36.7 Å². The Bertz CT molecular complexity index is 699. The van der Waals surface area contributed by atoms with Gasteiger partial charge >= 0.3 is 0 Å². The molecule has 5 heteroatoms. The first-order valence-corrected chi connectivity index (χ1v) is 6.32. The van der Waals surface area contributed by atoms with Gasteiger partial charge in [-0.15, -0.1) is 0 Å². The van der Waals surface area contributed by atoms with E-state index < -0.39 is 0 Å². The zero-order valence-electron chi connectivity index (χ0n) is 10.7. The summed E-state index contributed by atoms with van der Waals surface area (Å²) in [5, 5.41) is 0. The number of aryl methyl sites for hydroxylation is 1. The molecule has 0 aromatic carbocycles. The summed E-state index contributed by atoms with van der Waals surface area (Å²) >= 11 is 0. The summed E-state index contributed by atoms with van der Waals surface area (Å²) in [6.07, 6.45) is 4.46. The molecule has 0 aliphatic rings. The minimum atomic E-state index is 0.653. The number of nitrogens with zero attached hydrogens (tertiary/aromatic N) is 4. The van der Waals surface area contributed by atoms with Gasteiger partial charge in [0, 0.05) is 12.7 Å². The second-order valence-electron chi connectivity index (χ2n) is 4.41. The Kier molecular flexibility index (Phi) is 2.87. The molecule has 96 valence electrons. The quantitative estimate of drug-likeness (QED) is 0.778. The van der Waals surface area contributed by atoms with Crippen LogP contribution in [-0.4, -0.2) is 19.5 Å². The number of nitrogens with two attached hydrogens (primary N) is 1. The Labute approximate surface area is 111 Å². The number of hydrogen-bond acceptors (Lipinski definition) is 4. The van der Waals surface area contributed by atoms with Crippen molar-refractivity contribution in [1.82, 2.24) is 19.5 Å². The van der Waals surface area contributed by atoms with Gasteiger partial charge in [0.2, 0.25) is 0 Å². The molecule has 0 spiro atoms. The zero-order valence-corrected chi connectivity index (χ0v) is 10.7. The largest absolute Gasteiger partial charge is 0.397 e. The van der Waals surface area contributed by atoms with Gasteiger partial charge in [-0.1, -0.05) is 6.92 Å². The molecule has 5 nitrogen and oxygen atoms in total. The van der Waals surface area contributed by atoms with Crippen molar-refractivity contribution >= 4 is 16.9 Å². The topological polar surface area (TPSA) is 69.6 Å². The number of pyridine rings is 2. The summed E-state index contributed by atoms with van der Waals surface area (Å²) in [4.78, 5) is 13.4. The normalized spacial score (nSPS) is 11.0. The average Bonchev–Trinajstić information content (AvgIpc) is 2.79. The number of rotatable bonds is 3. The smallest absolute Gasteiger partial charge is 0.161 e. The van der Waals surface area contributed by atoms with Crippen LogP contribution in [0.25, 0.3) is 22.7 Å². The molecule has 19 heavy (non-hydrogen) atoms. The van der Waals surface area contributed by atoms with Crippen molar-refractivity contribution in [2.24, 2.45) is 0 Å². The SMILES string of the molecule is CCCn1c(-c2ccc(N)cn2)nc2cccnc21. The van der Waals surface area contributed by atoms with Gasteiger partial charge in [-0.25, -0.2) is 9.97 Å². The molecule has 3 aromatic rings. The van der Waals surface area contributed by atoms with Crippen molar-refractivity contribution in [3.63, 3.8) is 0 Å². The number of hydrogen-bond donors (Lipinski definition) is 1. The summed E-state index contributed by atoms with van der Waals surface area (Å²) in [5.41, 5.74) is 8.94. The summed E-state index contributed by atoms with van der Waals surface area (Å²) in [7, 11) is 0. The fourth-order valence-electron chi connectivity index (χ4n) is 2.13. The van der Waals surface area contributed by atoms with Crippen LogP contribution in [0.5, 0.6) is 0 Å². The Morgan fingerprint density at radius 3 is 2.84 bits per heavy atom. The first-order valence-electron chi connectivity index (χ1n) is 6.32. The minimum absolute atomic E-state index is 0.653. The molecule has 0 saturated carbocycles. The molecular weight excluding hydrogens is 238 g/mol. The van der Waals surface area contributed by atoms with Crippen LogP contribution in [0.3, 0.4) is 0 Å². The van der Waals surface area contributed by atoms with Gasteiger partial charge in [0.25, 0.3) is 0 Å². The van der Waals surface area contributed by atoms with Crippen molar-refractivity contribution < 1.29 is 0 Å². The predicted octanol–water partition coefficient (Wildman–Crippen LogP) is 2.49.